The zero-order chi connectivity index (χ0) is 15.2. The molecule has 6 nitrogen and oxygen atoms in total. The Morgan fingerprint density at radius 1 is 1.10 bits per heavy atom. The molecule has 0 aromatic heterocycles. The number of nitrogens with zero attached hydrogens (tertiary/aromatic N) is 1. The second-order valence-corrected chi connectivity index (χ2v) is 8.48. The lowest BCUT2D eigenvalue weighted by atomic mass is 9.81. The molecule has 0 unspecified atom stereocenters. The Morgan fingerprint density at radius 2 is 1.67 bits per heavy atom. The minimum absolute atomic E-state index is 0.00382. The molecule has 7 heteroatoms. The first-order valence-electron chi connectivity index (χ1n) is 7.65. The number of carbonyl (C=O) groups excluding carboxylic acids is 2. The van der Waals surface area contributed by atoms with Gasteiger partial charge >= 0.3 is 0 Å². The van der Waals surface area contributed by atoms with Crippen LogP contribution in [0.3, 0.4) is 0 Å². The van der Waals surface area contributed by atoms with Crippen LogP contribution >= 0.6 is 0 Å². The smallest absolute Gasteiger partial charge is 0.235 e. The second kappa shape index (κ2) is 5.35. The molecule has 118 valence electrons. The summed E-state index contributed by atoms with van der Waals surface area (Å²) in [4.78, 5) is 25.9. The van der Waals surface area contributed by atoms with Gasteiger partial charge in [0.05, 0.1) is 35.5 Å². The summed E-state index contributed by atoms with van der Waals surface area (Å²) in [6.45, 7) is 1.93. The Bertz CT molecular complexity index is 530. The van der Waals surface area contributed by atoms with Crippen molar-refractivity contribution in [1.82, 2.24) is 4.90 Å². The maximum atomic E-state index is 12.3. The highest BCUT2D eigenvalue weighted by atomic mass is 32.2. The number of carbonyl (C=O) groups is 2. The third kappa shape index (κ3) is 2.50. The molecule has 3 rings (SSSR count). The standard InChI is InChI=1S/C14H21NO5S/c1-2-3-7-21(18,19)8-6-15-13(16)11-9-4-5-10(20-9)12(11)14(15)17/h9-12H,2-8H2,1H3/t9-,10-,11-,12-/m0/s1. The maximum absolute atomic E-state index is 12.3. The third-order valence-corrected chi connectivity index (χ3v) is 6.53. The predicted octanol–water partition coefficient (Wildman–Crippen LogP) is 0.364. The molecule has 21 heavy (non-hydrogen) atoms. The fourth-order valence-corrected chi connectivity index (χ4v) is 5.08. The molecule has 0 spiro atoms. The molecule has 0 saturated carbocycles. The Labute approximate surface area is 124 Å². The summed E-state index contributed by atoms with van der Waals surface area (Å²) in [5, 5.41) is 0. The van der Waals surface area contributed by atoms with Gasteiger partial charge in [0.25, 0.3) is 0 Å². The van der Waals surface area contributed by atoms with E-state index < -0.39 is 9.84 Å². The summed E-state index contributed by atoms with van der Waals surface area (Å²) in [6, 6.07) is 0. The van der Waals surface area contributed by atoms with E-state index in [0.717, 1.165) is 24.2 Å². The number of likely N-dealkylation sites (tertiary alicyclic amines) is 1. The lowest BCUT2D eigenvalue weighted by Gasteiger charge is -2.17. The monoisotopic (exact) mass is 315 g/mol. The van der Waals surface area contributed by atoms with E-state index in [0.29, 0.717) is 6.42 Å². The number of ether oxygens (including phenoxy) is 1. The largest absolute Gasteiger partial charge is 0.373 e. The third-order valence-electron chi connectivity index (χ3n) is 4.81. The lowest BCUT2D eigenvalue weighted by Crippen LogP contribution is -2.38. The first-order valence-corrected chi connectivity index (χ1v) is 9.48. The van der Waals surface area contributed by atoms with E-state index in [1.54, 1.807) is 0 Å². The number of amides is 2. The van der Waals surface area contributed by atoms with Gasteiger partial charge in [0, 0.05) is 6.54 Å². The van der Waals surface area contributed by atoms with Crippen LogP contribution in [0, 0.1) is 11.8 Å². The van der Waals surface area contributed by atoms with Crippen LogP contribution in [0.25, 0.3) is 0 Å². The number of sulfone groups is 1. The van der Waals surface area contributed by atoms with Gasteiger partial charge in [0.15, 0.2) is 9.84 Å². The number of rotatable bonds is 6. The van der Waals surface area contributed by atoms with Crippen LogP contribution in [0.1, 0.15) is 32.6 Å². The Balaban J connectivity index is 1.65. The minimum atomic E-state index is -3.19. The summed E-state index contributed by atoms with van der Waals surface area (Å²) in [5.41, 5.74) is 0. The van der Waals surface area contributed by atoms with Crippen molar-refractivity contribution >= 4 is 21.7 Å². The summed E-state index contributed by atoms with van der Waals surface area (Å²) in [7, 11) is -3.19. The van der Waals surface area contributed by atoms with Crippen LogP contribution in [0.15, 0.2) is 0 Å². The predicted molar refractivity (Wildman–Crippen MR) is 75.2 cm³/mol. The normalized spacial score (nSPS) is 34.8. The molecule has 3 heterocycles. The molecule has 3 fully saturated rings. The van der Waals surface area contributed by atoms with E-state index in [1.165, 1.54) is 0 Å². The van der Waals surface area contributed by atoms with Crippen LogP contribution in [0.5, 0.6) is 0 Å². The zero-order valence-corrected chi connectivity index (χ0v) is 13.0. The van der Waals surface area contributed by atoms with Gasteiger partial charge in [-0.2, -0.15) is 0 Å². The van der Waals surface area contributed by atoms with Gasteiger partial charge in [-0.15, -0.1) is 0 Å². The molecule has 0 N–H and O–H groups in total. The lowest BCUT2D eigenvalue weighted by molar-refractivity contribution is -0.142. The van der Waals surface area contributed by atoms with E-state index in [1.807, 2.05) is 6.92 Å². The summed E-state index contributed by atoms with van der Waals surface area (Å²) in [6.07, 6.45) is 2.80. The van der Waals surface area contributed by atoms with E-state index in [9.17, 15) is 18.0 Å². The fourth-order valence-electron chi connectivity index (χ4n) is 3.69. The number of imide groups is 1. The van der Waals surface area contributed by atoms with Crippen molar-refractivity contribution in [2.75, 3.05) is 18.1 Å². The first kappa shape index (κ1) is 15.0. The van der Waals surface area contributed by atoms with Gasteiger partial charge in [-0.05, 0) is 19.3 Å². The molecule has 0 aromatic carbocycles. The van der Waals surface area contributed by atoms with Gasteiger partial charge in [-0.3, -0.25) is 14.5 Å². The number of unbranched alkanes of at least 4 members (excludes halogenated alkanes) is 1. The Hall–Kier alpha value is -0.950. The van der Waals surface area contributed by atoms with Gasteiger partial charge < -0.3 is 4.74 Å². The van der Waals surface area contributed by atoms with Gasteiger partial charge in [-0.1, -0.05) is 13.3 Å². The minimum Gasteiger partial charge on any atom is -0.373 e. The van der Waals surface area contributed by atoms with E-state index >= 15 is 0 Å². The number of hydrogen-bond acceptors (Lipinski definition) is 5. The highest BCUT2D eigenvalue weighted by Crippen LogP contribution is 2.48. The van der Waals surface area contributed by atoms with Gasteiger partial charge in [0.1, 0.15) is 0 Å². The molecule has 2 amide bonds. The molecular formula is C14H21NO5S. The van der Waals surface area contributed by atoms with E-state index in [2.05, 4.69) is 0 Å². The topological polar surface area (TPSA) is 80.8 Å². The molecule has 3 saturated heterocycles. The fraction of sp³-hybridized carbons (Fsp3) is 0.857. The number of hydrogen-bond donors (Lipinski definition) is 0. The average molecular weight is 315 g/mol. The molecule has 3 aliphatic rings. The van der Waals surface area contributed by atoms with Crippen LogP contribution in [0.4, 0.5) is 0 Å². The van der Waals surface area contributed by atoms with Crippen molar-refractivity contribution in [3.05, 3.63) is 0 Å². The van der Waals surface area contributed by atoms with Crippen molar-refractivity contribution in [3.8, 4) is 0 Å². The molecule has 0 aromatic rings. The summed E-state index contributed by atoms with van der Waals surface area (Å²) >= 11 is 0. The van der Waals surface area contributed by atoms with E-state index in [4.69, 9.17) is 4.74 Å². The zero-order valence-electron chi connectivity index (χ0n) is 12.2. The highest BCUT2D eigenvalue weighted by molar-refractivity contribution is 7.91. The van der Waals surface area contributed by atoms with Crippen molar-refractivity contribution in [2.24, 2.45) is 11.8 Å². The van der Waals surface area contributed by atoms with Crippen molar-refractivity contribution < 1.29 is 22.7 Å². The van der Waals surface area contributed by atoms with Crippen molar-refractivity contribution in [3.63, 3.8) is 0 Å². The Morgan fingerprint density at radius 3 is 2.19 bits per heavy atom. The van der Waals surface area contributed by atoms with Gasteiger partial charge in [0.2, 0.25) is 11.8 Å². The Kier molecular flexibility index (Phi) is 3.81. The second-order valence-electron chi connectivity index (χ2n) is 6.18. The molecule has 4 atom stereocenters. The van der Waals surface area contributed by atoms with Crippen LogP contribution in [-0.2, 0) is 24.2 Å². The van der Waals surface area contributed by atoms with Gasteiger partial charge in [-0.25, -0.2) is 8.42 Å². The molecular weight excluding hydrogens is 294 g/mol. The molecule has 3 aliphatic heterocycles. The highest BCUT2D eigenvalue weighted by Gasteiger charge is 2.62. The van der Waals surface area contributed by atoms with E-state index in [-0.39, 0.29) is 53.9 Å². The average Bonchev–Trinajstić information content (AvgIpc) is 3.10. The number of fused-ring (bicyclic) bond motifs is 5. The first-order chi connectivity index (χ1) is 9.94. The van der Waals surface area contributed by atoms with Crippen molar-refractivity contribution in [2.45, 2.75) is 44.8 Å². The van der Waals surface area contributed by atoms with Crippen molar-refractivity contribution in [1.29, 1.82) is 0 Å². The van der Waals surface area contributed by atoms with Crippen LogP contribution in [-0.4, -0.2) is 55.4 Å². The van der Waals surface area contributed by atoms with Crippen LogP contribution in [0.2, 0.25) is 0 Å². The maximum Gasteiger partial charge on any atom is 0.235 e. The SMILES string of the molecule is CCCCS(=O)(=O)CCN1C(=O)[C@@H]2[C@@H](C1=O)[C@@H]1CC[C@@H]2O1. The summed E-state index contributed by atoms with van der Waals surface area (Å²) < 4.78 is 29.4. The summed E-state index contributed by atoms with van der Waals surface area (Å²) in [5.74, 6) is -1.20. The molecule has 2 bridgehead atoms. The quantitative estimate of drug-likeness (QED) is 0.661. The van der Waals surface area contributed by atoms with Crippen LogP contribution < -0.4 is 0 Å². The molecule has 0 radical (unpaired) electrons. The molecule has 0 aliphatic carbocycles.